The number of benzene rings is 1. The third-order valence-electron chi connectivity index (χ3n) is 3.75. The molecule has 4 nitrogen and oxygen atoms in total. The smallest absolute Gasteiger partial charge is 0.293 e. The molecule has 1 aromatic rings. The van der Waals surface area contributed by atoms with Gasteiger partial charge in [0.1, 0.15) is 5.60 Å². The van der Waals surface area contributed by atoms with Gasteiger partial charge in [0, 0.05) is 19.1 Å². The average molecular weight is 307 g/mol. The summed E-state index contributed by atoms with van der Waals surface area (Å²) in [6.45, 7) is 10.3. The summed E-state index contributed by atoms with van der Waals surface area (Å²) in [4.78, 5) is 9.60. The fraction of sp³-hybridized carbons (Fsp3) is 0.611. The highest BCUT2D eigenvalue weighted by atomic mass is 16.5. The number of carbonyl (C=O) groups is 1. The van der Waals surface area contributed by atoms with Crippen molar-refractivity contribution in [3.63, 3.8) is 0 Å². The number of ether oxygens (including phenoxy) is 1. The summed E-state index contributed by atoms with van der Waals surface area (Å²) in [5, 5.41) is 12.7. The predicted octanol–water partition coefficient (Wildman–Crippen LogP) is 2.64. The average Bonchev–Trinajstić information content (AvgIpc) is 2.47. The Kier molecular flexibility index (Phi) is 7.56. The Morgan fingerprint density at radius 1 is 1.32 bits per heavy atom. The number of hydrogen-bond acceptors (Lipinski definition) is 4. The van der Waals surface area contributed by atoms with Gasteiger partial charge in [-0.25, -0.2) is 0 Å². The van der Waals surface area contributed by atoms with Crippen LogP contribution in [0.3, 0.4) is 0 Å². The fourth-order valence-electron chi connectivity index (χ4n) is 2.51. The standard InChI is InChI=1S/C13H19NO.C5H10O2/c1-10-2-4-11(5-3-10)13-6-7-14-8-12(13)9-15;1-5(2,3)7-4-6/h2-5,12-15H,6-9H2,1H3;4H,1-3H3/t12-,13-;/m0./s1. The molecular formula is C18H29NO3. The Morgan fingerprint density at radius 3 is 2.41 bits per heavy atom. The number of hydrogen-bond donors (Lipinski definition) is 2. The van der Waals surface area contributed by atoms with Crippen LogP contribution in [-0.2, 0) is 9.53 Å². The quantitative estimate of drug-likeness (QED) is 0.843. The Hall–Kier alpha value is -1.39. The predicted molar refractivity (Wildman–Crippen MR) is 88.9 cm³/mol. The van der Waals surface area contributed by atoms with Gasteiger partial charge in [0.05, 0.1) is 0 Å². The summed E-state index contributed by atoms with van der Waals surface area (Å²) in [7, 11) is 0. The third-order valence-corrected chi connectivity index (χ3v) is 3.75. The van der Waals surface area contributed by atoms with Crippen LogP contribution in [0.2, 0.25) is 0 Å². The van der Waals surface area contributed by atoms with Crippen LogP contribution in [0.25, 0.3) is 0 Å². The normalized spacial score (nSPS) is 21.5. The molecule has 0 spiro atoms. The Bertz CT molecular complexity index is 437. The van der Waals surface area contributed by atoms with Gasteiger partial charge >= 0.3 is 0 Å². The minimum atomic E-state index is -0.318. The summed E-state index contributed by atoms with van der Waals surface area (Å²) in [6, 6.07) is 8.72. The van der Waals surface area contributed by atoms with E-state index in [1.807, 2.05) is 20.8 Å². The van der Waals surface area contributed by atoms with Crippen molar-refractivity contribution in [2.24, 2.45) is 5.92 Å². The van der Waals surface area contributed by atoms with Crippen LogP contribution >= 0.6 is 0 Å². The molecule has 0 saturated carbocycles. The highest BCUT2D eigenvalue weighted by molar-refractivity contribution is 5.37. The van der Waals surface area contributed by atoms with Gasteiger partial charge in [-0.3, -0.25) is 4.79 Å². The monoisotopic (exact) mass is 307 g/mol. The summed E-state index contributed by atoms with van der Waals surface area (Å²) < 4.78 is 4.55. The molecule has 1 saturated heterocycles. The summed E-state index contributed by atoms with van der Waals surface area (Å²) >= 11 is 0. The van der Waals surface area contributed by atoms with Gasteiger partial charge in [-0.05, 0) is 52.1 Å². The minimum absolute atomic E-state index is 0.283. The molecule has 1 aliphatic rings. The lowest BCUT2D eigenvalue weighted by molar-refractivity contribution is -0.138. The number of carbonyl (C=O) groups excluding carboxylic acids is 1. The molecule has 4 heteroatoms. The van der Waals surface area contributed by atoms with Crippen LogP contribution in [-0.4, -0.2) is 36.9 Å². The maximum atomic E-state index is 9.60. The van der Waals surface area contributed by atoms with Crippen molar-refractivity contribution in [3.8, 4) is 0 Å². The van der Waals surface area contributed by atoms with E-state index in [0.29, 0.717) is 18.3 Å². The lowest BCUT2D eigenvalue weighted by atomic mass is 9.81. The van der Waals surface area contributed by atoms with Crippen molar-refractivity contribution in [1.82, 2.24) is 5.32 Å². The number of rotatable bonds is 3. The number of aliphatic hydroxyl groups excluding tert-OH is 1. The molecule has 124 valence electrons. The summed E-state index contributed by atoms with van der Waals surface area (Å²) in [6.07, 6.45) is 1.13. The topological polar surface area (TPSA) is 58.6 Å². The molecule has 2 atom stereocenters. The first-order valence-electron chi connectivity index (χ1n) is 7.87. The second-order valence-electron chi connectivity index (χ2n) is 6.78. The summed E-state index contributed by atoms with van der Waals surface area (Å²) in [5.41, 5.74) is 2.36. The second-order valence-corrected chi connectivity index (χ2v) is 6.78. The van der Waals surface area contributed by atoms with E-state index in [1.165, 1.54) is 11.1 Å². The lowest BCUT2D eigenvalue weighted by Crippen LogP contribution is -2.37. The molecule has 2 N–H and O–H groups in total. The van der Waals surface area contributed by atoms with Crippen LogP contribution in [0, 0.1) is 12.8 Å². The molecule has 2 rings (SSSR count). The first kappa shape index (κ1) is 18.7. The highest BCUT2D eigenvalue weighted by Crippen LogP contribution is 2.29. The Balaban J connectivity index is 0.000000295. The van der Waals surface area contributed by atoms with E-state index in [1.54, 1.807) is 0 Å². The largest absolute Gasteiger partial charge is 0.462 e. The molecule has 0 radical (unpaired) electrons. The van der Waals surface area contributed by atoms with Gasteiger partial charge in [0.15, 0.2) is 0 Å². The van der Waals surface area contributed by atoms with E-state index in [-0.39, 0.29) is 12.2 Å². The SMILES string of the molecule is CC(C)(C)OC=O.Cc1ccc([C@@H]2CCNC[C@H]2CO)cc1. The molecule has 1 fully saturated rings. The van der Waals surface area contributed by atoms with Crippen LogP contribution in [0.15, 0.2) is 24.3 Å². The number of piperidine rings is 1. The molecule has 0 amide bonds. The maximum Gasteiger partial charge on any atom is 0.293 e. The zero-order chi connectivity index (χ0) is 16.6. The van der Waals surface area contributed by atoms with E-state index >= 15 is 0 Å². The van der Waals surface area contributed by atoms with Gasteiger partial charge in [0.2, 0.25) is 0 Å². The third kappa shape index (κ3) is 6.58. The molecule has 0 aliphatic carbocycles. The van der Waals surface area contributed by atoms with Crippen LogP contribution in [0.4, 0.5) is 0 Å². The number of aliphatic hydroxyl groups is 1. The highest BCUT2D eigenvalue weighted by Gasteiger charge is 2.25. The molecule has 1 heterocycles. The Morgan fingerprint density at radius 2 is 1.95 bits per heavy atom. The zero-order valence-corrected chi connectivity index (χ0v) is 14.1. The van der Waals surface area contributed by atoms with Crippen molar-refractivity contribution in [2.75, 3.05) is 19.7 Å². The Labute approximate surface area is 133 Å². The maximum absolute atomic E-state index is 9.60. The zero-order valence-electron chi connectivity index (χ0n) is 14.1. The van der Waals surface area contributed by atoms with Gasteiger partial charge in [-0.1, -0.05) is 29.8 Å². The number of aryl methyl sites for hydroxylation is 1. The van der Waals surface area contributed by atoms with E-state index in [4.69, 9.17) is 0 Å². The van der Waals surface area contributed by atoms with Crippen molar-refractivity contribution in [2.45, 2.75) is 45.6 Å². The van der Waals surface area contributed by atoms with Gasteiger partial charge < -0.3 is 15.2 Å². The van der Waals surface area contributed by atoms with Crippen molar-refractivity contribution in [1.29, 1.82) is 0 Å². The van der Waals surface area contributed by atoms with E-state index in [2.05, 4.69) is 41.2 Å². The first-order valence-corrected chi connectivity index (χ1v) is 7.87. The first-order chi connectivity index (χ1) is 10.4. The second kappa shape index (κ2) is 8.91. The van der Waals surface area contributed by atoms with Crippen molar-refractivity contribution in [3.05, 3.63) is 35.4 Å². The van der Waals surface area contributed by atoms with E-state index in [0.717, 1.165) is 19.5 Å². The summed E-state index contributed by atoms with van der Waals surface area (Å²) in [5.74, 6) is 0.901. The lowest BCUT2D eigenvalue weighted by Gasteiger charge is -2.31. The van der Waals surface area contributed by atoms with Crippen LogP contribution < -0.4 is 5.32 Å². The van der Waals surface area contributed by atoms with Crippen LogP contribution in [0.1, 0.15) is 44.2 Å². The van der Waals surface area contributed by atoms with Crippen LogP contribution in [0.5, 0.6) is 0 Å². The van der Waals surface area contributed by atoms with Gasteiger partial charge in [-0.2, -0.15) is 0 Å². The van der Waals surface area contributed by atoms with Crippen molar-refractivity contribution >= 4 is 6.47 Å². The molecule has 1 aromatic carbocycles. The molecular weight excluding hydrogens is 278 g/mol. The molecule has 0 aromatic heterocycles. The van der Waals surface area contributed by atoms with Crippen molar-refractivity contribution < 1.29 is 14.6 Å². The van der Waals surface area contributed by atoms with E-state index < -0.39 is 0 Å². The number of nitrogens with one attached hydrogen (secondary N) is 1. The molecule has 0 unspecified atom stereocenters. The molecule has 22 heavy (non-hydrogen) atoms. The molecule has 1 aliphatic heterocycles. The van der Waals surface area contributed by atoms with Gasteiger partial charge in [0.25, 0.3) is 6.47 Å². The fourth-order valence-corrected chi connectivity index (χ4v) is 2.51. The van der Waals surface area contributed by atoms with E-state index in [9.17, 15) is 9.90 Å². The minimum Gasteiger partial charge on any atom is -0.462 e. The molecule has 0 bridgehead atoms. The van der Waals surface area contributed by atoms with Gasteiger partial charge in [-0.15, -0.1) is 0 Å².